The van der Waals surface area contributed by atoms with E-state index in [-0.39, 0.29) is 44.5 Å². The van der Waals surface area contributed by atoms with Crippen molar-refractivity contribution in [2.75, 3.05) is 6.54 Å². The third-order valence-electron chi connectivity index (χ3n) is 7.07. The molecule has 0 aliphatic rings. The second kappa shape index (κ2) is 17.7. The van der Waals surface area contributed by atoms with E-state index in [0.29, 0.717) is 12.0 Å². The van der Waals surface area contributed by atoms with Crippen molar-refractivity contribution in [1.29, 1.82) is 0 Å². The molecule has 0 spiro atoms. The molecule has 0 fully saturated rings. The highest BCUT2D eigenvalue weighted by atomic mass is 16.4. The van der Waals surface area contributed by atoms with Gasteiger partial charge in [-0.25, -0.2) is 14.4 Å². The SMILES string of the molecule is NCc1ccc(C(=O)N[C@@H](Cc2cnc3ccccc3c2)C(=O)NCCCC[C@H](NC(=O)N[C@@H](CCC(=O)O)C(=O)O)C(=O)O)nc1. The number of fused-ring (bicyclic) bond motifs is 1. The Bertz CT molecular complexity index is 1580. The monoisotopic (exact) mass is 651 g/mol. The number of amides is 4. The summed E-state index contributed by atoms with van der Waals surface area (Å²) in [5.41, 5.74) is 7.92. The summed E-state index contributed by atoms with van der Waals surface area (Å²) >= 11 is 0. The van der Waals surface area contributed by atoms with Crippen molar-refractivity contribution in [2.45, 2.75) is 63.2 Å². The van der Waals surface area contributed by atoms with Crippen LogP contribution in [-0.4, -0.2) is 85.7 Å². The first-order chi connectivity index (χ1) is 22.5. The van der Waals surface area contributed by atoms with Crippen LogP contribution in [0.2, 0.25) is 0 Å². The second-order valence-corrected chi connectivity index (χ2v) is 10.6. The van der Waals surface area contributed by atoms with Gasteiger partial charge < -0.3 is 42.3 Å². The quantitative estimate of drug-likeness (QED) is 0.0888. The van der Waals surface area contributed by atoms with Gasteiger partial charge in [-0.1, -0.05) is 24.3 Å². The molecule has 1 aromatic carbocycles. The molecule has 250 valence electrons. The maximum absolute atomic E-state index is 13.3. The summed E-state index contributed by atoms with van der Waals surface area (Å²) < 4.78 is 0. The molecule has 2 aromatic heterocycles. The van der Waals surface area contributed by atoms with Gasteiger partial charge in [0.25, 0.3) is 5.91 Å². The fourth-order valence-electron chi connectivity index (χ4n) is 4.53. The number of carboxylic acid groups (broad SMARTS) is 3. The fourth-order valence-corrected chi connectivity index (χ4v) is 4.53. The van der Waals surface area contributed by atoms with Gasteiger partial charge >= 0.3 is 23.9 Å². The van der Waals surface area contributed by atoms with Crippen LogP contribution < -0.4 is 27.0 Å². The molecule has 0 bridgehead atoms. The van der Waals surface area contributed by atoms with E-state index in [4.69, 9.17) is 10.8 Å². The Hall–Kier alpha value is -5.64. The van der Waals surface area contributed by atoms with Crippen molar-refractivity contribution in [1.82, 2.24) is 31.2 Å². The van der Waals surface area contributed by atoms with Crippen LogP contribution in [0.15, 0.2) is 54.9 Å². The number of aliphatic carboxylic acids is 3. The molecule has 0 saturated heterocycles. The molecular weight excluding hydrogens is 614 g/mol. The fraction of sp³-hybridized carbons (Fsp3) is 0.355. The highest BCUT2D eigenvalue weighted by Gasteiger charge is 2.26. The zero-order valence-corrected chi connectivity index (χ0v) is 25.3. The van der Waals surface area contributed by atoms with Crippen LogP contribution in [-0.2, 0) is 32.1 Å². The third kappa shape index (κ3) is 11.7. The Labute approximate surface area is 269 Å². The Kier molecular flexibility index (Phi) is 13.5. The molecule has 16 nitrogen and oxygen atoms in total. The van der Waals surface area contributed by atoms with Crippen LogP contribution in [0, 0.1) is 0 Å². The van der Waals surface area contributed by atoms with Crippen LogP contribution in [0.25, 0.3) is 10.9 Å². The van der Waals surface area contributed by atoms with Gasteiger partial charge in [-0.3, -0.25) is 24.4 Å². The number of unbranched alkanes of at least 4 members (excludes halogenated alkanes) is 1. The molecular formula is C31H37N7O9. The zero-order chi connectivity index (χ0) is 34.3. The summed E-state index contributed by atoms with van der Waals surface area (Å²) in [5.74, 6) is -5.12. The van der Waals surface area contributed by atoms with Crippen molar-refractivity contribution < 1.29 is 44.1 Å². The molecule has 3 atom stereocenters. The number of carbonyl (C=O) groups excluding carboxylic acids is 3. The van der Waals surface area contributed by atoms with Crippen LogP contribution >= 0.6 is 0 Å². The van der Waals surface area contributed by atoms with E-state index in [1.165, 1.54) is 12.3 Å². The standard InChI is InChI=1S/C31H37N7O9/c32-15-18-8-9-22(35-16-18)28(42)36-25(14-19-13-20-5-1-2-6-21(20)34-17-19)27(41)33-12-4-3-7-23(29(43)44)37-31(47)38-24(30(45)46)10-11-26(39)40/h1-2,5-6,8-9,13,16-17,23-25H,3-4,7,10-12,14-15,32H2,(H,33,41)(H,36,42)(H,39,40)(H,43,44)(H,45,46)(H2,37,38,47)/t23-,24-,25-/m0/s1. The van der Waals surface area contributed by atoms with E-state index in [9.17, 15) is 39.0 Å². The van der Waals surface area contributed by atoms with Crippen LogP contribution in [0.3, 0.4) is 0 Å². The van der Waals surface area contributed by atoms with Gasteiger partial charge in [-0.15, -0.1) is 0 Å². The number of nitrogens with one attached hydrogen (secondary N) is 4. The largest absolute Gasteiger partial charge is 0.481 e. The minimum Gasteiger partial charge on any atom is -0.481 e. The van der Waals surface area contributed by atoms with Gasteiger partial charge in [0.05, 0.1) is 5.52 Å². The maximum atomic E-state index is 13.3. The van der Waals surface area contributed by atoms with Gasteiger partial charge in [-0.05, 0) is 55.0 Å². The van der Waals surface area contributed by atoms with Crippen molar-refractivity contribution in [3.63, 3.8) is 0 Å². The molecule has 4 amide bonds. The van der Waals surface area contributed by atoms with E-state index in [1.807, 2.05) is 30.3 Å². The van der Waals surface area contributed by atoms with E-state index in [0.717, 1.165) is 16.5 Å². The van der Waals surface area contributed by atoms with E-state index in [2.05, 4.69) is 31.2 Å². The van der Waals surface area contributed by atoms with Gasteiger partial charge in [0, 0.05) is 43.7 Å². The highest BCUT2D eigenvalue weighted by molar-refractivity contribution is 5.96. The number of carboxylic acids is 3. The number of hydrogen-bond acceptors (Lipinski definition) is 9. The van der Waals surface area contributed by atoms with Gasteiger partial charge in [0.1, 0.15) is 23.8 Å². The molecule has 0 radical (unpaired) electrons. The Morgan fingerprint density at radius 1 is 0.766 bits per heavy atom. The normalized spacial score (nSPS) is 12.7. The maximum Gasteiger partial charge on any atom is 0.326 e. The highest BCUT2D eigenvalue weighted by Crippen LogP contribution is 2.14. The lowest BCUT2D eigenvalue weighted by molar-refractivity contribution is -0.140. The summed E-state index contributed by atoms with van der Waals surface area (Å²) in [6.07, 6.45) is 2.86. The molecule has 0 unspecified atom stereocenters. The average molecular weight is 652 g/mol. The van der Waals surface area contributed by atoms with Crippen molar-refractivity contribution >= 4 is 46.7 Å². The lowest BCUT2D eigenvalue weighted by atomic mass is 10.0. The Morgan fingerprint density at radius 3 is 2.09 bits per heavy atom. The number of nitrogens with zero attached hydrogens (tertiary/aromatic N) is 2. The number of rotatable bonds is 18. The van der Waals surface area contributed by atoms with Gasteiger partial charge in [-0.2, -0.15) is 0 Å². The predicted octanol–water partition coefficient (Wildman–Crippen LogP) is 0.787. The summed E-state index contributed by atoms with van der Waals surface area (Å²) in [6.45, 7) is 0.380. The van der Waals surface area contributed by atoms with Gasteiger partial charge in [0.2, 0.25) is 5.91 Å². The molecule has 0 aliphatic carbocycles. The van der Waals surface area contributed by atoms with Gasteiger partial charge in [0.15, 0.2) is 0 Å². The average Bonchev–Trinajstić information content (AvgIpc) is 3.05. The third-order valence-corrected chi connectivity index (χ3v) is 7.07. The van der Waals surface area contributed by atoms with Crippen molar-refractivity contribution in [3.05, 3.63) is 71.7 Å². The number of carbonyl (C=O) groups is 6. The van der Waals surface area contributed by atoms with Crippen LogP contribution in [0.1, 0.15) is 53.7 Å². The summed E-state index contributed by atoms with van der Waals surface area (Å²) in [7, 11) is 0. The summed E-state index contributed by atoms with van der Waals surface area (Å²) in [5, 5.41) is 38.0. The van der Waals surface area contributed by atoms with E-state index >= 15 is 0 Å². The molecule has 3 aromatic rings. The Morgan fingerprint density at radius 2 is 1.45 bits per heavy atom. The van der Waals surface area contributed by atoms with E-state index in [1.54, 1.807) is 12.3 Å². The number of para-hydroxylation sites is 1. The molecule has 0 saturated carbocycles. The number of benzene rings is 1. The summed E-state index contributed by atoms with van der Waals surface area (Å²) in [4.78, 5) is 80.7. The van der Waals surface area contributed by atoms with Crippen LogP contribution in [0.4, 0.5) is 4.79 Å². The number of nitrogens with two attached hydrogens (primary N) is 1. The zero-order valence-electron chi connectivity index (χ0n) is 25.3. The summed E-state index contributed by atoms with van der Waals surface area (Å²) in [6, 6.07) is 7.55. The number of pyridine rings is 2. The molecule has 3 rings (SSSR count). The Balaban J connectivity index is 1.57. The van der Waals surface area contributed by atoms with Crippen molar-refractivity contribution in [3.8, 4) is 0 Å². The minimum atomic E-state index is -1.52. The minimum absolute atomic E-state index is 0.0428. The van der Waals surface area contributed by atoms with Crippen molar-refractivity contribution in [2.24, 2.45) is 5.73 Å². The first-order valence-corrected chi connectivity index (χ1v) is 14.8. The van der Waals surface area contributed by atoms with E-state index < -0.39 is 60.3 Å². The predicted molar refractivity (Wildman–Crippen MR) is 167 cm³/mol. The topological polar surface area (TPSA) is 263 Å². The molecule has 0 aliphatic heterocycles. The lowest BCUT2D eigenvalue weighted by Crippen LogP contribution is -2.51. The van der Waals surface area contributed by atoms with Crippen LogP contribution in [0.5, 0.6) is 0 Å². The molecule has 2 heterocycles. The first kappa shape index (κ1) is 35.8. The lowest BCUT2D eigenvalue weighted by Gasteiger charge is -2.19. The number of hydrogen-bond donors (Lipinski definition) is 8. The first-order valence-electron chi connectivity index (χ1n) is 14.8. The molecule has 16 heteroatoms. The number of aromatic nitrogens is 2. The number of urea groups is 1. The molecule has 9 N–H and O–H groups in total. The second-order valence-electron chi connectivity index (χ2n) is 10.6. The smallest absolute Gasteiger partial charge is 0.326 e. The molecule has 47 heavy (non-hydrogen) atoms.